The number of Topliss-reactive ketones (excluding diaryl/α,β-unsaturated/α-hetero) is 1. The summed E-state index contributed by atoms with van der Waals surface area (Å²) >= 11 is 0. The third-order valence-electron chi connectivity index (χ3n) is 5.34. The first-order valence-corrected chi connectivity index (χ1v) is 7.15. The Balaban J connectivity index is 2.10. The van der Waals surface area contributed by atoms with E-state index in [9.17, 15) is 14.7 Å². The van der Waals surface area contributed by atoms with E-state index in [1.165, 1.54) is 13.3 Å². The molecule has 4 heteroatoms. The molecule has 1 aliphatic carbocycles. The molecule has 0 aromatic carbocycles. The van der Waals surface area contributed by atoms with Crippen LogP contribution in [0.1, 0.15) is 46.5 Å². The molecule has 2 heterocycles. The summed E-state index contributed by atoms with van der Waals surface area (Å²) in [5.74, 6) is 0.131. The maximum atomic E-state index is 12.5. The molecule has 3 atom stereocenters. The van der Waals surface area contributed by atoms with Crippen LogP contribution in [0.15, 0.2) is 11.3 Å². The predicted molar refractivity (Wildman–Crippen MR) is 70.5 cm³/mol. The van der Waals surface area contributed by atoms with Crippen molar-refractivity contribution in [1.29, 1.82) is 0 Å². The summed E-state index contributed by atoms with van der Waals surface area (Å²) in [6, 6.07) is -0.329. The minimum Gasteiger partial charge on any atom is -0.512 e. The van der Waals surface area contributed by atoms with Crippen LogP contribution < -0.4 is 0 Å². The molecule has 3 rings (SSSR count). The Hall–Kier alpha value is -1.32. The number of nitrogens with zero attached hydrogens (tertiary/aromatic N) is 1. The zero-order valence-corrected chi connectivity index (χ0v) is 11.8. The van der Waals surface area contributed by atoms with Gasteiger partial charge in [-0.3, -0.25) is 9.59 Å². The standard InChI is InChI=1S/C15H21NO3/c1-8(17)11-13(18)12-9-6-4-5-7-10(9)15(2,3)16(12)14(11)19/h9-10,12,17H,4-7H2,1-3H3/t9-,10+,12+/m0/s1. The molecular weight excluding hydrogens is 242 g/mol. The number of rotatable bonds is 0. The van der Waals surface area contributed by atoms with Crippen LogP contribution in [0.2, 0.25) is 0 Å². The fraction of sp³-hybridized carbons (Fsp3) is 0.733. The van der Waals surface area contributed by atoms with Crippen molar-refractivity contribution in [1.82, 2.24) is 4.90 Å². The Kier molecular flexibility index (Phi) is 2.57. The van der Waals surface area contributed by atoms with Crippen LogP contribution in [0.5, 0.6) is 0 Å². The molecule has 0 unspecified atom stereocenters. The molecular formula is C15H21NO3. The summed E-state index contributed by atoms with van der Waals surface area (Å²) in [5.41, 5.74) is -0.262. The summed E-state index contributed by atoms with van der Waals surface area (Å²) in [6.45, 7) is 5.56. The van der Waals surface area contributed by atoms with Crippen molar-refractivity contribution in [2.45, 2.75) is 58.0 Å². The average molecular weight is 263 g/mol. The van der Waals surface area contributed by atoms with Crippen molar-refractivity contribution < 1.29 is 14.7 Å². The van der Waals surface area contributed by atoms with Gasteiger partial charge in [0.05, 0.1) is 6.04 Å². The maximum absolute atomic E-state index is 12.5. The number of hydrogen-bond donors (Lipinski definition) is 1. The molecule has 0 aromatic heterocycles. The fourth-order valence-electron chi connectivity index (χ4n) is 4.55. The minimum absolute atomic E-state index is 0.0158. The maximum Gasteiger partial charge on any atom is 0.262 e. The molecule has 1 N–H and O–H groups in total. The highest BCUT2D eigenvalue weighted by molar-refractivity contribution is 6.27. The molecule has 3 fully saturated rings. The number of amides is 1. The van der Waals surface area contributed by atoms with Gasteiger partial charge in [0.1, 0.15) is 11.3 Å². The fourth-order valence-corrected chi connectivity index (χ4v) is 4.55. The predicted octanol–water partition coefficient (Wildman–Crippen LogP) is 2.20. The van der Waals surface area contributed by atoms with Gasteiger partial charge in [-0.25, -0.2) is 0 Å². The normalized spacial score (nSPS) is 39.3. The zero-order valence-electron chi connectivity index (χ0n) is 11.8. The number of aliphatic hydroxyl groups is 1. The molecule has 19 heavy (non-hydrogen) atoms. The van der Waals surface area contributed by atoms with E-state index in [4.69, 9.17) is 0 Å². The zero-order chi connectivity index (χ0) is 13.9. The first-order valence-electron chi connectivity index (χ1n) is 7.15. The monoisotopic (exact) mass is 263 g/mol. The minimum atomic E-state index is -0.329. The largest absolute Gasteiger partial charge is 0.512 e. The average Bonchev–Trinajstić information content (AvgIpc) is 2.73. The number of fused-ring (bicyclic) bond motifs is 3. The molecule has 0 aromatic rings. The van der Waals surface area contributed by atoms with Crippen LogP contribution >= 0.6 is 0 Å². The topological polar surface area (TPSA) is 57.6 Å². The Morgan fingerprint density at radius 1 is 1.26 bits per heavy atom. The third-order valence-corrected chi connectivity index (χ3v) is 5.34. The number of allylic oxidation sites excluding steroid dienone is 1. The number of carbonyl (C=O) groups is 2. The van der Waals surface area contributed by atoms with E-state index < -0.39 is 0 Å². The lowest BCUT2D eigenvalue weighted by molar-refractivity contribution is -0.130. The van der Waals surface area contributed by atoms with Crippen LogP contribution in [0.3, 0.4) is 0 Å². The Labute approximate surface area is 113 Å². The lowest BCUT2D eigenvalue weighted by atomic mass is 9.71. The summed E-state index contributed by atoms with van der Waals surface area (Å²) < 4.78 is 0. The van der Waals surface area contributed by atoms with E-state index in [1.54, 1.807) is 4.90 Å². The lowest BCUT2D eigenvalue weighted by Gasteiger charge is -2.37. The summed E-state index contributed by atoms with van der Waals surface area (Å²) in [4.78, 5) is 26.7. The molecule has 4 nitrogen and oxygen atoms in total. The Morgan fingerprint density at radius 2 is 1.89 bits per heavy atom. The first-order chi connectivity index (χ1) is 8.87. The number of carbonyl (C=O) groups excluding carboxylic acids is 2. The van der Waals surface area contributed by atoms with Crippen molar-refractivity contribution in [3.8, 4) is 0 Å². The molecule has 3 aliphatic rings. The van der Waals surface area contributed by atoms with Crippen LogP contribution in [0, 0.1) is 11.8 Å². The molecule has 0 bridgehead atoms. The number of aliphatic hydroxyl groups excluding tert-OH is 1. The highest BCUT2D eigenvalue weighted by Gasteiger charge is 2.63. The van der Waals surface area contributed by atoms with Crippen molar-refractivity contribution in [2.75, 3.05) is 0 Å². The first kappa shape index (κ1) is 12.7. The van der Waals surface area contributed by atoms with Crippen LogP contribution in [0.25, 0.3) is 0 Å². The van der Waals surface area contributed by atoms with Gasteiger partial charge in [0.2, 0.25) is 0 Å². The summed E-state index contributed by atoms with van der Waals surface area (Å²) in [6.07, 6.45) is 4.45. The highest BCUT2D eigenvalue weighted by Crippen LogP contribution is 2.53. The van der Waals surface area contributed by atoms with Crippen molar-refractivity contribution in [3.05, 3.63) is 11.3 Å². The summed E-state index contributed by atoms with van der Waals surface area (Å²) in [5, 5.41) is 9.63. The van der Waals surface area contributed by atoms with Gasteiger partial charge in [0, 0.05) is 5.54 Å². The Morgan fingerprint density at radius 3 is 2.53 bits per heavy atom. The lowest BCUT2D eigenvalue weighted by Crippen LogP contribution is -2.46. The van der Waals surface area contributed by atoms with E-state index in [0.29, 0.717) is 5.92 Å². The second-order valence-electron chi connectivity index (χ2n) is 6.65. The van der Waals surface area contributed by atoms with Crippen LogP contribution in [-0.2, 0) is 9.59 Å². The third kappa shape index (κ3) is 1.46. The van der Waals surface area contributed by atoms with E-state index in [0.717, 1.165) is 19.3 Å². The van der Waals surface area contributed by atoms with Gasteiger partial charge in [-0.1, -0.05) is 12.8 Å². The van der Waals surface area contributed by atoms with Gasteiger partial charge >= 0.3 is 0 Å². The van der Waals surface area contributed by atoms with Gasteiger partial charge in [-0.2, -0.15) is 0 Å². The van der Waals surface area contributed by atoms with Gasteiger partial charge in [0.15, 0.2) is 5.78 Å². The molecule has 1 saturated carbocycles. The van der Waals surface area contributed by atoms with E-state index in [1.807, 2.05) is 0 Å². The van der Waals surface area contributed by atoms with Gasteiger partial charge in [-0.05, 0) is 45.4 Å². The quantitative estimate of drug-likeness (QED) is 0.414. The summed E-state index contributed by atoms with van der Waals surface area (Å²) in [7, 11) is 0. The second kappa shape index (κ2) is 3.84. The molecule has 0 radical (unpaired) electrons. The number of ketones is 1. The van der Waals surface area contributed by atoms with Crippen molar-refractivity contribution in [2.24, 2.45) is 11.8 Å². The smallest absolute Gasteiger partial charge is 0.262 e. The second-order valence-corrected chi connectivity index (χ2v) is 6.65. The molecule has 104 valence electrons. The van der Waals surface area contributed by atoms with Crippen LogP contribution in [0.4, 0.5) is 0 Å². The molecule has 0 spiro atoms. The Bertz CT molecular complexity index is 488. The van der Waals surface area contributed by atoms with Crippen molar-refractivity contribution in [3.63, 3.8) is 0 Å². The van der Waals surface area contributed by atoms with E-state index in [-0.39, 0.29) is 40.5 Å². The van der Waals surface area contributed by atoms with Gasteiger partial charge < -0.3 is 10.0 Å². The van der Waals surface area contributed by atoms with Crippen LogP contribution in [-0.4, -0.2) is 33.3 Å². The SMILES string of the molecule is CC(O)=C1C(=O)[C@H]2[C@H]3CCCC[C@H]3C(C)(C)N2C1=O. The molecule has 1 amide bonds. The van der Waals surface area contributed by atoms with E-state index >= 15 is 0 Å². The molecule has 2 saturated heterocycles. The highest BCUT2D eigenvalue weighted by atomic mass is 16.3. The van der Waals surface area contributed by atoms with Crippen molar-refractivity contribution >= 4 is 11.7 Å². The van der Waals surface area contributed by atoms with E-state index in [2.05, 4.69) is 13.8 Å². The number of hydrogen-bond acceptors (Lipinski definition) is 3. The molecule has 2 aliphatic heterocycles. The van der Waals surface area contributed by atoms with Gasteiger partial charge in [0.25, 0.3) is 5.91 Å². The van der Waals surface area contributed by atoms with Gasteiger partial charge in [-0.15, -0.1) is 0 Å².